The molecule has 0 aromatic carbocycles. The van der Waals surface area contributed by atoms with Crippen LogP contribution in [-0.2, 0) is 6.54 Å². The molecule has 114 valence electrons. The van der Waals surface area contributed by atoms with Crippen LogP contribution in [0.5, 0.6) is 0 Å². The molecule has 1 aliphatic heterocycles. The molecule has 8 heteroatoms. The van der Waals surface area contributed by atoms with E-state index in [-0.39, 0.29) is 5.92 Å². The van der Waals surface area contributed by atoms with Gasteiger partial charge in [-0.15, -0.1) is 0 Å². The molecule has 0 spiro atoms. The quantitative estimate of drug-likeness (QED) is 0.848. The van der Waals surface area contributed by atoms with Crippen molar-refractivity contribution in [1.82, 2.24) is 19.9 Å². The maximum atomic E-state index is 12.3. The Kier molecular flexibility index (Phi) is 4.64. The second kappa shape index (κ2) is 6.09. The summed E-state index contributed by atoms with van der Waals surface area (Å²) < 4.78 is 42.0. The highest BCUT2D eigenvalue weighted by Gasteiger charge is 2.32. The summed E-state index contributed by atoms with van der Waals surface area (Å²) in [5.41, 5.74) is 0. The van der Waals surface area contributed by atoms with Gasteiger partial charge in [-0.2, -0.15) is 18.2 Å². The minimum atomic E-state index is -4.12. The lowest BCUT2D eigenvalue weighted by Crippen LogP contribution is -2.48. The highest BCUT2D eigenvalue weighted by molar-refractivity contribution is 4.92. The van der Waals surface area contributed by atoms with Crippen molar-refractivity contribution in [2.75, 3.05) is 32.7 Å². The van der Waals surface area contributed by atoms with Crippen LogP contribution in [0.3, 0.4) is 0 Å². The Morgan fingerprint density at radius 2 is 1.75 bits per heavy atom. The molecular formula is C12H19F3N4O. The average Bonchev–Trinajstić information content (AvgIpc) is 2.78. The van der Waals surface area contributed by atoms with Gasteiger partial charge < -0.3 is 4.52 Å². The Morgan fingerprint density at radius 3 is 2.25 bits per heavy atom. The predicted octanol–water partition coefficient (Wildman–Crippen LogP) is 1.87. The Labute approximate surface area is 115 Å². The van der Waals surface area contributed by atoms with Gasteiger partial charge in [0.25, 0.3) is 0 Å². The monoisotopic (exact) mass is 292 g/mol. The highest BCUT2D eigenvalue weighted by atomic mass is 19.4. The van der Waals surface area contributed by atoms with E-state index < -0.39 is 12.7 Å². The zero-order valence-electron chi connectivity index (χ0n) is 11.7. The van der Waals surface area contributed by atoms with Crippen LogP contribution in [0.4, 0.5) is 13.2 Å². The normalized spacial score (nSPS) is 18.9. The first-order chi connectivity index (χ1) is 9.33. The number of rotatable bonds is 4. The van der Waals surface area contributed by atoms with Crippen LogP contribution in [0.15, 0.2) is 4.52 Å². The molecule has 1 aromatic rings. The molecule has 0 unspecified atom stereocenters. The summed E-state index contributed by atoms with van der Waals surface area (Å²) in [6, 6.07) is 0. The first-order valence-electron chi connectivity index (χ1n) is 6.67. The van der Waals surface area contributed by atoms with Crippen molar-refractivity contribution in [1.29, 1.82) is 0 Å². The molecule has 1 fully saturated rings. The summed E-state index contributed by atoms with van der Waals surface area (Å²) in [6.45, 7) is 5.59. The fourth-order valence-electron chi connectivity index (χ4n) is 2.12. The largest absolute Gasteiger partial charge is 0.401 e. The lowest BCUT2D eigenvalue weighted by atomic mass is 10.2. The van der Waals surface area contributed by atoms with E-state index in [0.717, 1.165) is 0 Å². The first kappa shape index (κ1) is 15.2. The number of hydrogen-bond donors (Lipinski definition) is 0. The molecule has 0 atom stereocenters. The number of aromatic nitrogens is 2. The predicted molar refractivity (Wildman–Crippen MR) is 66.2 cm³/mol. The van der Waals surface area contributed by atoms with Crippen LogP contribution >= 0.6 is 0 Å². The molecule has 2 heterocycles. The summed E-state index contributed by atoms with van der Waals surface area (Å²) in [7, 11) is 0. The first-order valence-corrected chi connectivity index (χ1v) is 6.67. The third-order valence-electron chi connectivity index (χ3n) is 3.23. The summed E-state index contributed by atoms with van der Waals surface area (Å²) in [5.74, 6) is 1.39. The van der Waals surface area contributed by atoms with E-state index in [1.807, 2.05) is 18.7 Å². The van der Waals surface area contributed by atoms with Crippen molar-refractivity contribution in [3.05, 3.63) is 11.7 Å². The molecule has 1 saturated heterocycles. The van der Waals surface area contributed by atoms with Crippen LogP contribution in [0, 0.1) is 0 Å². The standard InChI is InChI=1S/C12H19F3N4O/c1-9(2)11-16-10(20-17-11)7-18-3-5-19(6-4-18)8-12(13,14)15/h9H,3-8H2,1-2H3. The minimum Gasteiger partial charge on any atom is -0.338 e. The molecule has 0 radical (unpaired) electrons. The van der Waals surface area contributed by atoms with Gasteiger partial charge in [-0.3, -0.25) is 9.80 Å². The van der Waals surface area contributed by atoms with E-state index in [1.54, 1.807) is 0 Å². The van der Waals surface area contributed by atoms with E-state index in [2.05, 4.69) is 10.1 Å². The van der Waals surface area contributed by atoms with Crippen molar-refractivity contribution < 1.29 is 17.7 Å². The van der Waals surface area contributed by atoms with E-state index in [1.165, 1.54) is 4.90 Å². The van der Waals surface area contributed by atoms with Crippen molar-refractivity contribution in [3.8, 4) is 0 Å². The molecular weight excluding hydrogens is 273 g/mol. The van der Waals surface area contributed by atoms with Crippen LogP contribution in [-0.4, -0.2) is 58.8 Å². The molecule has 1 aliphatic rings. The van der Waals surface area contributed by atoms with Crippen LogP contribution < -0.4 is 0 Å². The summed E-state index contributed by atoms with van der Waals surface area (Å²) in [6.07, 6.45) is -4.12. The SMILES string of the molecule is CC(C)c1noc(CN2CCN(CC(F)(F)F)CC2)n1. The van der Waals surface area contributed by atoms with Crippen molar-refractivity contribution in [2.45, 2.75) is 32.5 Å². The van der Waals surface area contributed by atoms with Gasteiger partial charge in [0, 0.05) is 32.1 Å². The second-order valence-corrected chi connectivity index (χ2v) is 5.37. The van der Waals surface area contributed by atoms with Gasteiger partial charge in [-0.25, -0.2) is 0 Å². The molecule has 0 aliphatic carbocycles. The lowest BCUT2D eigenvalue weighted by molar-refractivity contribution is -0.149. The fourth-order valence-corrected chi connectivity index (χ4v) is 2.12. The van der Waals surface area contributed by atoms with Crippen LogP contribution in [0.1, 0.15) is 31.5 Å². The Bertz CT molecular complexity index is 425. The van der Waals surface area contributed by atoms with Gasteiger partial charge in [0.15, 0.2) is 5.82 Å². The molecule has 5 nitrogen and oxygen atoms in total. The van der Waals surface area contributed by atoms with E-state index in [9.17, 15) is 13.2 Å². The highest BCUT2D eigenvalue weighted by Crippen LogP contribution is 2.18. The molecule has 0 N–H and O–H groups in total. The van der Waals surface area contributed by atoms with E-state index in [0.29, 0.717) is 44.4 Å². The zero-order chi connectivity index (χ0) is 14.8. The van der Waals surface area contributed by atoms with Crippen molar-refractivity contribution in [3.63, 3.8) is 0 Å². The smallest absolute Gasteiger partial charge is 0.338 e. The molecule has 0 amide bonds. The number of nitrogens with zero attached hydrogens (tertiary/aromatic N) is 4. The van der Waals surface area contributed by atoms with Gasteiger partial charge in [-0.05, 0) is 0 Å². The third-order valence-corrected chi connectivity index (χ3v) is 3.23. The Morgan fingerprint density at radius 1 is 1.15 bits per heavy atom. The number of hydrogen-bond acceptors (Lipinski definition) is 5. The summed E-state index contributed by atoms with van der Waals surface area (Å²) in [4.78, 5) is 7.72. The fraction of sp³-hybridized carbons (Fsp3) is 0.833. The van der Waals surface area contributed by atoms with Crippen molar-refractivity contribution >= 4 is 0 Å². The zero-order valence-corrected chi connectivity index (χ0v) is 11.7. The molecule has 1 aromatic heterocycles. The molecule has 2 rings (SSSR count). The van der Waals surface area contributed by atoms with Gasteiger partial charge in [0.2, 0.25) is 5.89 Å². The topological polar surface area (TPSA) is 45.4 Å². The summed E-state index contributed by atoms with van der Waals surface area (Å²) in [5, 5.41) is 3.87. The van der Waals surface area contributed by atoms with Crippen LogP contribution in [0.2, 0.25) is 0 Å². The number of alkyl halides is 3. The summed E-state index contributed by atoms with van der Waals surface area (Å²) >= 11 is 0. The second-order valence-electron chi connectivity index (χ2n) is 5.37. The lowest BCUT2D eigenvalue weighted by Gasteiger charge is -2.34. The number of piperazine rings is 1. The maximum absolute atomic E-state index is 12.3. The van der Waals surface area contributed by atoms with Crippen molar-refractivity contribution in [2.24, 2.45) is 0 Å². The van der Waals surface area contributed by atoms with Gasteiger partial charge in [-0.1, -0.05) is 19.0 Å². The van der Waals surface area contributed by atoms with Crippen LogP contribution in [0.25, 0.3) is 0 Å². The average molecular weight is 292 g/mol. The molecule has 20 heavy (non-hydrogen) atoms. The maximum Gasteiger partial charge on any atom is 0.401 e. The Balaban J connectivity index is 1.79. The Hall–Kier alpha value is -1.15. The van der Waals surface area contributed by atoms with Gasteiger partial charge >= 0.3 is 6.18 Å². The van der Waals surface area contributed by atoms with E-state index >= 15 is 0 Å². The third kappa shape index (κ3) is 4.45. The van der Waals surface area contributed by atoms with E-state index in [4.69, 9.17) is 4.52 Å². The molecule has 0 saturated carbocycles. The number of halogens is 3. The molecule has 0 bridgehead atoms. The van der Waals surface area contributed by atoms with Gasteiger partial charge in [0.05, 0.1) is 13.1 Å². The minimum absolute atomic E-state index is 0.205. The van der Waals surface area contributed by atoms with Gasteiger partial charge in [0.1, 0.15) is 0 Å².